The maximum atomic E-state index is 5.74. The van der Waals surface area contributed by atoms with Crippen LogP contribution >= 0.6 is 0 Å². The van der Waals surface area contributed by atoms with E-state index >= 15 is 0 Å². The van der Waals surface area contributed by atoms with Gasteiger partial charge in [0.2, 0.25) is 0 Å². The van der Waals surface area contributed by atoms with E-state index in [-0.39, 0.29) is 6.04 Å². The molecular weight excluding hydrogens is 282 g/mol. The molecule has 0 aliphatic heterocycles. The SMILES string of the molecule is N/N=C(\c1ccccc1)[C@@H](Nc1ccccc1)c1ccccc1. The van der Waals surface area contributed by atoms with Crippen molar-refractivity contribution in [1.82, 2.24) is 0 Å². The van der Waals surface area contributed by atoms with Gasteiger partial charge in [-0.15, -0.1) is 0 Å². The van der Waals surface area contributed by atoms with Gasteiger partial charge in [-0.05, 0) is 17.7 Å². The fourth-order valence-electron chi connectivity index (χ4n) is 2.58. The Kier molecular flexibility index (Phi) is 4.69. The molecule has 3 N–H and O–H groups in total. The summed E-state index contributed by atoms with van der Waals surface area (Å²) >= 11 is 0. The summed E-state index contributed by atoms with van der Waals surface area (Å²) in [5.74, 6) is 5.74. The first kappa shape index (κ1) is 14.9. The first-order valence-electron chi connectivity index (χ1n) is 7.58. The number of para-hydroxylation sites is 1. The molecule has 0 spiro atoms. The Morgan fingerprint density at radius 1 is 0.739 bits per heavy atom. The minimum absolute atomic E-state index is 0.119. The van der Waals surface area contributed by atoms with Crippen LogP contribution in [0.5, 0.6) is 0 Å². The first-order valence-corrected chi connectivity index (χ1v) is 7.58. The Hall–Kier alpha value is -3.07. The highest BCUT2D eigenvalue weighted by atomic mass is 15.1. The van der Waals surface area contributed by atoms with E-state index in [4.69, 9.17) is 5.84 Å². The van der Waals surface area contributed by atoms with E-state index in [1.165, 1.54) is 0 Å². The van der Waals surface area contributed by atoms with E-state index in [0.29, 0.717) is 0 Å². The van der Waals surface area contributed by atoms with Crippen LogP contribution in [0.1, 0.15) is 17.2 Å². The van der Waals surface area contributed by atoms with Crippen molar-refractivity contribution in [3.05, 3.63) is 102 Å². The summed E-state index contributed by atoms with van der Waals surface area (Å²) < 4.78 is 0. The van der Waals surface area contributed by atoms with Crippen LogP contribution in [0.25, 0.3) is 0 Å². The minimum atomic E-state index is -0.119. The van der Waals surface area contributed by atoms with E-state index < -0.39 is 0 Å². The molecule has 23 heavy (non-hydrogen) atoms. The molecule has 0 radical (unpaired) electrons. The lowest BCUT2D eigenvalue weighted by atomic mass is 9.96. The summed E-state index contributed by atoms with van der Waals surface area (Å²) in [7, 11) is 0. The summed E-state index contributed by atoms with van der Waals surface area (Å²) in [6.45, 7) is 0. The van der Waals surface area contributed by atoms with E-state index in [2.05, 4.69) is 22.6 Å². The molecule has 3 aromatic carbocycles. The van der Waals surface area contributed by atoms with Gasteiger partial charge in [0.1, 0.15) is 0 Å². The van der Waals surface area contributed by atoms with Crippen molar-refractivity contribution in [2.75, 3.05) is 5.32 Å². The standard InChI is InChI=1S/C20H19N3/c21-23-20(17-12-6-2-7-13-17)19(16-10-4-1-5-11-16)22-18-14-8-3-9-15-18/h1-15,19,22H,21H2/b23-20+/t19-/m0/s1. The lowest BCUT2D eigenvalue weighted by Gasteiger charge is -2.22. The fraction of sp³-hybridized carbons (Fsp3) is 0.0500. The average molecular weight is 301 g/mol. The topological polar surface area (TPSA) is 50.4 Å². The highest BCUT2D eigenvalue weighted by Crippen LogP contribution is 2.24. The predicted octanol–water partition coefficient (Wildman–Crippen LogP) is 4.20. The van der Waals surface area contributed by atoms with Crippen LogP contribution in [0.2, 0.25) is 0 Å². The maximum absolute atomic E-state index is 5.74. The number of hydrogen-bond acceptors (Lipinski definition) is 3. The molecule has 0 heterocycles. The molecule has 3 rings (SSSR count). The number of rotatable bonds is 5. The zero-order valence-electron chi connectivity index (χ0n) is 12.8. The van der Waals surface area contributed by atoms with E-state index in [9.17, 15) is 0 Å². The second-order valence-corrected chi connectivity index (χ2v) is 5.23. The van der Waals surface area contributed by atoms with E-state index in [1.54, 1.807) is 0 Å². The van der Waals surface area contributed by atoms with Crippen LogP contribution < -0.4 is 11.2 Å². The van der Waals surface area contributed by atoms with Gasteiger partial charge in [0.15, 0.2) is 0 Å². The lowest BCUT2D eigenvalue weighted by molar-refractivity contribution is 1.01. The third-order valence-corrected chi connectivity index (χ3v) is 3.70. The van der Waals surface area contributed by atoms with Gasteiger partial charge in [0, 0.05) is 11.3 Å². The molecule has 3 nitrogen and oxygen atoms in total. The molecule has 3 heteroatoms. The fourth-order valence-corrected chi connectivity index (χ4v) is 2.58. The minimum Gasteiger partial charge on any atom is -0.373 e. The van der Waals surface area contributed by atoms with Crippen molar-refractivity contribution < 1.29 is 0 Å². The molecular formula is C20H19N3. The van der Waals surface area contributed by atoms with Gasteiger partial charge in [0.25, 0.3) is 0 Å². The van der Waals surface area contributed by atoms with Crippen molar-refractivity contribution >= 4 is 11.4 Å². The number of nitrogens with two attached hydrogens (primary N) is 1. The van der Waals surface area contributed by atoms with Crippen LogP contribution in [-0.4, -0.2) is 5.71 Å². The lowest BCUT2D eigenvalue weighted by Crippen LogP contribution is -2.23. The molecule has 0 fully saturated rings. The number of hydrazone groups is 1. The Bertz CT molecular complexity index is 753. The number of nitrogens with zero attached hydrogens (tertiary/aromatic N) is 1. The normalized spacial score (nSPS) is 12.6. The zero-order chi connectivity index (χ0) is 15.9. The molecule has 0 aromatic heterocycles. The van der Waals surface area contributed by atoms with E-state index in [0.717, 1.165) is 22.5 Å². The van der Waals surface area contributed by atoms with Crippen molar-refractivity contribution in [3.8, 4) is 0 Å². The van der Waals surface area contributed by atoms with Crippen molar-refractivity contribution in [2.24, 2.45) is 10.9 Å². The highest BCUT2D eigenvalue weighted by molar-refractivity contribution is 6.06. The van der Waals surface area contributed by atoms with Crippen LogP contribution in [0, 0.1) is 0 Å². The monoisotopic (exact) mass is 301 g/mol. The number of benzene rings is 3. The average Bonchev–Trinajstić information content (AvgIpc) is 2.64. The second kappa shape index (κ2) is 7.27. The molecule has 0 bridgehead atoms. The second-order valence-electron chi connectivity index (χ2n) is 5.23. The van der Waals surface area contributed by atoms with Gasteiger partial charge in [-0.25, -0.2) is 0 Å². The van der Waals surface area contributed by atoms with E-state index in [1.807, 2.05) is 78.9 Å². The first-order chi connectivity index (χ1) is 11.4. The van der Waals surface area contributed by atoms with Gasteiger partial charge < -0.3 is 11.2 Å². The van der Waals surface area contributed by atoms with Crippen LogP contribution in [0.3, 0.4) is 0 Å². The molecule has 0 unspecified atom stereocenters. The van der Waals surface area contributed by atoms with Crippen LogP contribution in [-0.2, 0) is 0 Å². The van der Waals surface area contributed by atoms with Crippen LogP contribution in [0.4, 0.5) is 5.69 Å². The van der Waals surface area contributed by atoms with Crippen LogP contribution in [0.15, 0.2) is 96.1 Å². The zero-order valence-corrected chi connectivity index (χ0v) is 12.8. The van der Waals surface area contributed by atoms with Crippen molar-refractivity contribution in [1.29, 1.82) is 0 Å². The van der Waals surface area contributed by atoms with Crippen molar-refractivity contribution in [3.63, 3.8) is 0 Å². The van der Waals surface area contributed by atoms with Gasteiger partial charge >= 0.3 is 0 Å². The summed E-state index contributed by atoms with van der Waals surface area (Å²) in [6.07, 6.45) is 0. The summed E-state index contributed by atoms with van der Waals surface area (Å²) in [5.41, 5.74) is 3.95. The van der Waals surface area contributed by atoms with Gasteiger partial charge in [-0.1, -0.05) is 78.9 Å². The number of anilines is 1. The maximum Gasteiger partial charge on any atom is 0.0964 e. The Morgan fingerprint density at radius 2 is 1.26 bits per heavy atom. The Labute approximate surface area is 136 Å². The van der Waals surface area contributed by atoms with Gasteiger partial charge in [-0.3, -0.25) is 0 Å². The largest absolute Gasteiger partial charge is 0.373 e. The molecule has 114 valence electrons. The van der Waals surface area contributed by atoms with Gasteiger partial charge in [0.05, 0.1) is 11.8 Å². The molecule has 1 atom stereocenters. The Morgan fingerprint density at radius 3 is 1.83 bits per heavy atom. The van der Waals surface area contributed by atoms with Crippen molar-refractivity contribution in [2.45, 2.75) is 6.04 Å². The molecule has 0 saturated heterocycles. The molecule has 3 aromatic rings. The molecule has 0 amide bonds. The Balaban J connectivity index is 2.01. The summed E-state index contributed by atoms with van der Waals surface area (Å²) in [6, 6.07) is 30.2. The quantitative estimate of drug-likeness (QED) is 0.421. The summed E-state index contributed by atoms with van der Waals surface area (Å²) in [4.78, 5) is 0. The number of nitrogens with one attached hydrogen (secondary N) is 1. The third kappa shape index (κ3) is 3.58. The third-order valence-electron chi connectivity index (χ3n) is 3.70. The van der Waals surface area contributed by atoms with Gasteiger partial charge in [-0.2, -0.15) is 5.10 Å². The smallest absolute Gasteiger partial charge is 0.0964 e. The molecule has 0 aliphatic rings. The summed E-state index contributed by atoms with van der Waals surface area (Å²) in [5, 5.41) is 7.62. The highest BCUT2D eigenvalue weighted by Gasteiger charge is 2.19. The molecule has 0 saturated carbocycles. The molecule has 0 aliphatic carbocycles. The number of hydrogen-bond donors (Lipinski definition) is 2. The predicted molar refractivity (Wildman–Crippen MR) is 96.4 cm³/mol.